The molecule has 4 aromatic rings. The Hall–Kier alpha value is -3.74. The highest BCUT2D eigenvalue weighted by molar-refractivity contribution is 6.31. The lowest BCUT2D eigenvalue weighted by atomic mass is 9.67. The molecule has 5 nitrogen and oxygen atoms in total. The van der Waals surface area contributed by atoms with Crippen LogP contribution in [0.5, 0.6) is 5.75 Å². The number of likely N-dealkylation sites (N-methyl/N-ethyl adjacent to an activating group) is 1. The van der Waals surface area contributed by atoms with Gasteiger partial charge in [0.1, 0.15) is 17.3 Å². The van der Waals surface area contributed by atoms with E-state index in [1.165, 1.54) is 0 Å². The Morgan fingerprint density at radius 2 is 1.40 bits per heavy atom. The minimum Gasteiger partial charge on any atom is -0.456 e. The standard InChI is InChI=1S/C34H32ClN2O3/c1-33(2)39-23-24-19-28(35)20-30(31(24)40-33)37(3)21-29(22-38)36-32(37)34(25-13-7-4-8-14-25,26-15-9-5-10-16-26)27-17-11-6-12-18-27/h4-21,38H,22-23H2,1-3H3/q+1. The van der Waals surface area contributed by atoms with Gasteiger partial charge in [-0.05, 0) is 22.8 Å². The molecule has 4 aromatic carbocycles. The van der Waals surface area contributed by atoms with Crippen molar-refractivity contribution in [2.45, 2.75) is 31.7 Å². The van der Waals surface area contributed by atoms with Crippen LogP contribution in [0.15, 0.2) is 120 Å². The SMILES string of the molecule is CC1(C)OCc2cc(Cl)cc([N+]3(C)C=C(CO)N=C3C(c3ccccc3)(c3ccccc3)c3ccccc3)c2O1. The van der Waals surface area contributed by atoms with Crippen LogP contribution in [0.2, 0.25) is 5.02 Å². The van der Waals surface area contributed by atoms with Crippen LogP contribution in [-0.2, 0) is 16.8 Å². The highest BCUT2D eigenvalue weighted by Crippen LogP contribution is 2.51. The molecule has 1 N–H and O–H groups in total. The average Bonchev–Trinajstić information content (AvgIpc) is 3.32. The molecule has 0 bridgehead atoms. The van der Waals surface area contributed by atoms with Crippen LogP contribution in [-0.4, -0.2) is 30.4 Å². The van der Waals surface area contributed by atoms with Gasteiger partial charge in [0.25, 0.3) is 0 Å². The van der Waals surface area contributed by atoms with E-state index in [1.807, 2.05) is 50.4 Å². The van der Waals surface area contributed by atoms with Crippen molar-refractivity contribution in [2.24, 2.45) is 4.99 Å². The van der Waals surface area contributed by atoms with Crippen molar-refractivity contribution in [3.05, 3.63) is 142 Å². The number of aliphatic imine (C=N–C) groups is 1. The Balaban J connectivity index is 1.72. The van der Waals surface area contributed by atoms with Gasteiger partial charge < -0.3 is 14.6 Å². The van der Waals surface area contributed by atoms with Gasteiger partial charge in [0.05, 0.1) is 20.3 Å². The van der Waals surface area contributed by atoms with Gasteiger partial charge in [-0.1, -0.05) is 103 Å². The number of nitrogens with zero attached hydrogens (tertiary/aromatic N) is 2. The van der Waals surface area contributed by atoms with Crippen molar-refractivity contribution >= 4 is 23.1 Å². The lowest BCUT2D eigenvalue weighted by Crippen LogP contribution is -2.56. The van der Waals surface area contributed by atoms with Crippen LogP contribution in [0.3, 0.4) is 0 Å². The number of benzene rings is 4. The Morgan fingerprint density at radius 3 is 1.90 bits per heavy atom. The molecular weight excluding hydrogens is 520 g/mol. The van der Waals surface area contributed by atoms with E-state index in [9.17, 15) is 5.11 Å². The average molecular weight is 552 g/mol. The van der Waals surface area contributed by atoms with E-state index in [0.717, 1.165) is 39.5 Å². The molecule has 0 amide bonds. The second kappa shape index (κ2) is 10.0. The maximum absolute atomic E-state index is 10.5. The summed E-state index contributed by atoms with van der Waals surface area (Å²) in [5.74, 6) is 0.705. The molecule has 40 heavy (non-hydrogen) atoms. The first-order valence-corrected chi connectivity index (χ1v) is 13.8. The summed E-state index contributed by atoms with van der Waals surface area (Å²) in [5.41, 5.74) is 4.63. The van der Waals surface area contributed by atoms with Gasteiger partial charge in [-0.3, -0.25) is 0 Å². The third kappa shape index (κ3) is 4.27. The third-order valence-electron chi connectivity index (χ3n) is 7.75. The molecule has 0 aliphatic carbocycles. The van der Waals surface area contributed by atoms with Crippen LogP contribution < -0.4 is 9.22 Å². The van der Waals surface area contributed by atoms with Crippen LogP contribution in [0.1, 0.15) is 36.1 Å². The first-order chi connectivity index (χ1) is 19.3. The molecule has 1 unspecified atom stereocenters. The zero-order valence-corrected chi connectivity index (χ0v) is 23.6. The molecule has 202 valence electrons. The van der Waals surface area contributed by atoms with E-state index < -0.39 is 11.2 Å². The zero-order valence-electron chi connectivity index (χ0n) is 22.8. The molecule has 0 aromatic heterocycles. The molecule has 0 saturated heterocycles. The fraction of sp³-hybridized carbons (Fsp3) is 0.206. The number of hydrogen-bond acceptors (Lipinski definition) is 4. The van der Waals surface area contributed by atoms with Gasteiger partial charge in [-0.15, -0.1) is 0 Å². The van der Waals surface area contributed by atoms with Crippen molar-refractivity contribution in [3.63, 3.8) is 0 Å². The summed E-state index contributed by atoms with van der Waals surface area (Å²) in [5, 5.41) is 11.0. The number of halogens is 1. The van der Waals surface area contributed by atoms with Crippen LogP contribution in [0, 0.1) is 0 Å². The lowest BCUT2D eigenvalue weighted by Gasteiger charge is -2.42. The summed E-state index contributed by atoms with van der Waals surface area (Å²) >= 11 is 6.75. The summed E-state index contributed by atoms with van der Waals surface area (Å²) in [6.45, 7) is 3.99. The van der Waals surface area contributed by atoms with Crippen molar-refractivity contribution < 1.29 is 14.6 Å². The summed E-state index contributed by atoms with van der Waals surface area (Å²) in [6, 6.07) is 35.1. The van der Waals surface area contributed by atoms with Crippen LogP contribution in [0.25, 0.3) is 0 Å². The topological polar surface area (TPSA) is 51.0 Å². The molecule has 6 heteroatoms. The fourth-order valence-electron chi connectivity index (χ4n) is 6.00. The molecular formula is C34H32ClN2O3+. The number of aliphatic hydroxyl groups is 1. The Morgan fingerprint density at radius 1 is 0.875 bits per heavy atom. The lowest BCUT2D eigenvalue weighted by molar-refractivity contribution is -0.180. The first kappa shape index (κ1) is 26.5. The molecule has 2 aliphatic rings. The summed E-state index contributed by atoms with van der Waals surface area (Å²) < 4.78 is 12.6. The monoisotopic (exact) mass is 551 g/mol. The molecule has 0 fully saturated rings. The van der Waals surface area contributed by atoms with Crippen molar-refractivity contribution in [2.75, 3.05) is 13.7 Å². The molecule has 1 atom stereocenters. The smallest absolute Gasteiger partial charge is 0.232 e. The number of rotatable bonds is 6. The van der Waals surface area contributed by atoms with Crippen LogP contribution >= 0.6 is 11.6 Å². The number of hydrogen-bond donors (Lipinski definition) is 1. The van der Waals surface area contributed by atoms with Gasteiger partial charge in [0.15, 0.2) is 11.4 Å². The summed E-state index contributed by atoms with van der Waals surface area (Å²) in [4.78, 5) is 5.22. The van der Waals surface area contributed by atoms with Gasteiger partial charge in [0, 0.05) is 30.5 Å². The molecule has 6 rings (SSSR count). The minimum atomic E-state index is -0.818. The predicted octanol–water partition coefficient (Wildman–Crippen LogP) is 7.20. The van der Waals surface area contributed by atoms with E-state index in [1.54, 1.807) is 0 Å². The van der Waals surface area contributed by atoms with Gasteiger partial charge in [-0.25, -0.2) is 4.48 Å². The number of aliphatic hydroxyl groups excluding tert-OH is 1. The Labute approximate surface area is 240 Å². The maximum Gasteiger partial charge on any atom is 0.232 e. The zero-order chi connectivity index (χ0) is 28.0. The first-order valence-electron chi connectivity index (χ1n) is 13.4. The van der Waals surface area contributed by atoms with Crippen molar-refractivity contribution in [1.82, 2.24) is 4.48 Å². The quantitative estimate of drug-likeness (QED) is 0.203. The molecule has 2 aliphatic heterocycles. The van der Waals surface area contributed by atoms with E-state index in [4.69, 9.17) is 26.1 Å². The van der Waals surface area contributed by atoms with Crippen LogP contribution in [0.4, 0.5) is 5.69 Å². The van der Waals surface area contributed by atoms with E-state index >= 15 is 0 Å². The predicted molar refractivity (Wildman–Crippen MR) is 160 cm³/mol. The molecule has 0 spiro atoms. The normalized spacial score (nSPS) is 19.8. The van der Waals surface area contributed by atoms with E-state index in [2.05, 4.69) is 79.8 Å². The second-order valence-electron chi connectivity index (χ2n) is 10.8. The third-order valence-corrected chi connectivity index (χ3v) is 7.97. The fourth-order valence-corrected chi connectivity index (χ4v) is 6.24. The highest BCUT2D eigenvalue weighted by Gasteiger charge is 2.55. The van der Waals surface area contributed by atoms with Crippen molar-refractivity contribution in [3.8, 4) is 5.75 Å². The van der Waals surface area contributed by atoms with Crippen molar-refractivity contribution in [1.29, 1.82) is 0 Å². The maximum atomic E-state index is 10.5. The number of fused-ring (bicyclic) bond motifs is 1. The molecule has 2 heterocycles. The summed E-state index contributed by atoms with van der Waals surface area (Å²) in [6.07, 6.45) is 2.00. The molecule has 0 saturated carbocycles. The Bertz CT molecular complexity index is 1500. The van der Waals surface area contributed by atoms with Gasteiger partial charge >= 0.3 is 0 Å². The molecule has 0 radical (unpaired) electrons. The number of ether oxygens (including phenoxy) is 2. The Kier molecular flexibility index (Phi) is 6.64. The van der Waals surface area contributed by atoms with Gasteiger partial charge in [0.2, 0.25) is 11.6 Å². The highest BCUT2D eigenvalue weighted by atomic mass is 35.5. The second-order valence-corrected chi connectivity index (χ2v) is 11.3. The number of quaternary nitrogens is 1. The largest absolute Gasteiger partial charge is 0.456 e. The van der Waals surface area contributed by atoms with E-state index in [-0.39, 0.29) is 11.1 Å². The minimum absolute atomic E-state index is 0.146. The van der Waals surface area contributed by atoms with Gasteiger partial charge in [-0.2, -0.15) is 4.99 Å². The number of amidine groups is 1. The summed E-state index contributed by atoms with van der Waals surface area (Å²) in [7, 11) is 2.09. The van der Waals surface area contributed by atoms with E-state index in [0.29, 0.717) is 17.3 Å².